The number of methoxy groups -OCH3 is 1. The van der Waals surface area contributed by atoms with E-state index in [4.69, 9.17) is 0 Å². The predicted octanol–water partition coefficient (Wildman–Crippen LogP) is 3.29. The molecule has 0 fully saturated rings. The van der Waals surface area contributed by atoms with Crippen LogP contribution in [0.3, 0.4) is 0 Å². The van der Waals surface area contributed by atoms with E-state index >= 15 is 0 Å². The summed E-state index contributed by atoms with van der Waals surface area (Å²) in [5.41, 5.74) is -1.41. The summed E-state index contributed by atoms with van der Waals surface area (Å²) >= 11 is 2.84. The second-order valence-electron chi connectivity index (χ2n) is 2.94. The molecule has 0 aliphatic carbocycles. The van der Waals surface area contributed by atoms with Gasteiger partial charge in [-0.1, -0.05) is 28.1 Å². The zero-order valence-corrected chi connectivity index (χ0v) is 9.85. The second kappa shape index (κ2) is 4.86. The van der Waals surface area contributed by atoms with Crippen molar-refractivity contribution >= 4 is 21.7 Å². The Labute approximate surface area is 98.5 Å². The van der Waals surface area contributed by atoms with Crippen LogP contribution in [0, 0.1) is 0 Å². The van der Waals surface area contributed by atoms with Crippen LogP contribution in [0.2, 0.25) is 0 Å². The van der Waals surface area contributed by atoms with Gasteiger partial charge in [0.2, 0.25) is 0 Å². The van der Waals surface area contributed by atoms with Crippen LogP contribution in [-0.2, 0) is 6.18 Å². The number of halogens is 4. The van der Waals surface area contributed by atoms with Crippen LogP contribution in [0.4, 0.5) is 13.2 Å². The Hall–Kier alpha value is -1.04. The topological polar surface area (TPSA) is 26.3 Å². The third-order valence-corrected chi connectivity index (χ3v) is 2.46. The summed E-state index contributed by atoms with van der Waals surface area (Å²) in [6, 6.07) is 3.66. The van der Waals surface area contributed by atoms with Crippen LogP contribution < -0.4 is 4.74 Å². The van der Waals surface area contributed by atoms with Crippen LogP contribution >= 0.6 is 15.9 Å². The van der Waals surface area contributed by atoms with E-state index in [1.807, 2.05) is 0 Å². The van der Waals surface area contributed by atoms with E-state index in [2.05, 4.69) is 20.7 Å². The van der Waals surface area contributed by atoms with Gasteiger partial charge in [0.25, 0.3) is 0 Å². The largest absolute Gasteiger partial charge is 0.496 e. The molecule has 2 nitrogen and oxygen atoms in total. The van der Waals surface area contributed by atoms with Gasteiger partial charge in [-0.05, 0) is 6.07 Å². The number of alkyl halides is 4. The molecule has 1 aromatic carbocycles. The normalized spacial score (nSPS) is 11.3. The Morgan fingerprint density at radius 3 is 2.50 bits per heavy atom. The first-order chi connectivity index (χ1) is 7.41. The smallest absolute Gasteiger partial charge is 0.420 e. The van der Waals surface area contributed by atoms with Gasteiger partial charge in [0.15, 0.2) is 5.78 Å². The van der Waals surface area contributed by atoms with Gasteiger partial charge in [0.1, 0.15) is 11.3 Å². The molecule has 0 saturated carbocycles. The van der Waals surface area contributed by atoms with Crippen molar-refractivity contribution in [3.63, 3.8) is 0 Å². The minimum Gasteiger partial charge on any atom is -0.496 e. The molecule has 0 aliphatic heterocycles. The molecule has 0 bridgehead atoms. The first kappa shape index (κ1) is 13.0. The highest BCUT2D eigenvalue weighted by Crippen LogP contribution is 2.38. The monoisotopic (exact) mass is 296 g/mol. The molecule has 0 radical (unpaired) electrons. The third kappa shape index (κ3) is 2.55. The molecule has 1 rings (SSSR count). The first-order valence-electron chi connectivity index (χ1n) is 4.25. The molecule has 0 N–H and O–H groups in total. The van der Waals surface area contributed by atoms with Gasteiger partial charge in [-0.3, -0.25) is 4.79 Å². The van der Waals surface area contributed by atoms with Crippen molar-refractivity contribution in [2.24, 2.45) is 0 Å². The minimum atomic E-state index is -4.61. The van der Waals surface area contributed by atoms with Gasteiger partial charge in [-0.2, -0.15) is 13.2 Å². The van der Waals surface area contributed by atoms with Crippen molar-refractivity contribution in [2.45, 2.75) is 6.18 Å². The number of Topliss-reactive ketones (excluding diaryl/α,β-unsaturated/α-hetero) is 1. The fourth-order valence-corrected chi connectivity index (χ4v) is 1.60. The lowest BCUT2D eigenvalue weighted by atomic mass is 10.0. The zero-order valence-electron chi connectivity index (χ0n) is 8.27. The number of ether oxygens (including phenoxy) is 1. The van der Waals surface area contributed by atoms with Gasteiger partial charge < -0.3 is 4.74 Å². The Morgan fingerprint density at radius 1 is 1.44 bits per heavy atom. The summed E-state index contributed by atoms with van der Waals surface area (Å²) in [5, 5.41) is -0.163. The van der Waals surface area contributed by atoms with E-state index in [-0.39, 0.29) is 16.6 Å². The van der Waals surface area contributed by atoms with E-state index in [1.54, 1.807) is 0 Å². The predicted molar refractivity (Wildman–Crippen MR) is 56.1 cm³/mol. The lowest BCUT2D eigenvalue weighted by molar-refractivity contribution is -0.139. The summed E-state index contributed by atoms with van der Waals surface area (Å²) in [5.74, 6) is -0.981. The van der Waals surface area contributed by atoms with Gasteiger partial charge >= 0.3 is 6.18 Å². The Morgan fingerprint density at radius 2 is 2.06 bits per heavy atom. The molecule has 0 unspecified atom stereocenters. The van der Waals surface area contributed by atoms with Crippen molar-refractivity contribution in [1.82, 2.24) is 0 Å². The van der Waals surface area contributed by atoms with Crippen molar-refractivity contribution in [2.75, 3.05) is 12.4 Å². The van der Waals surface area contributed by atoms with Gasteiger partial charge in [0, 0.05) is 5.56 Å². The van der Waals surface area contributed by atoms with Crippen molar-refractivity contribution in [1.29, 1.82) is 0 Å². The van der Waals surface area contributed by atoms with Crippen LogP contribution in [0.25, 0.3) is 0 Å². The molecule has 16 heavy (non-hydrogen) atoms. The Bertz CT molecular complexity index is 402. The van der Waals surface area contributed by atoms with E-state index < -0.39 is 17.5 Å². The number of hydrogen-bond donors (Lipinski definition) is 0. The summed E-state index contributed by atoms with van der Waals surface area (Å²) < 4.78 is 42.9. The van der Waals surface area contributed by atoms with E-state index in [1.165, 1.54) is 12.1 Å². The molecule has 0 heterocycles. The number of rotatable bonds is 3. The quantitative estimate of drug-likeness (QED) is 0.632. The highest BCUT2D eigenvalue weighted by molar-refractivity contribution is 9.09. The van der Waals surface area contributed by atoms with E-state index in [9.17, 15) is 18.0 Å². The van der Waals surface area contributed by atoms with Crippen LogP contribution in [0.1, 0.15) is 15.9 Å². The maximum absolute atomic E-state index is 12.7. The van der Waals surface area contributed by atoms with Crippen molar-refractivity contribution in [3.8, 4) is 5.75 Å². The summed E-state index contributed by atoms with van der Waals surface area (Å²) in [7, 11) is 1.13. The summed E-state index contributed by atoms with van der Waals surface area (Å²) in [6.45, 7) is 0. The van der Waals surface area contributed by atoms with Crippen molar-refractivity contribution in [3.05, 3.63) is 29.3 Å². The fourth-order valence-electron chi connectivity index (χ4n) is 1.30. The van der Waals surface area contributed by atoms with Crippen LogP contribution in [0.5, 0.6) is 5.75 Å². The highest BCUT2D eigenvalue weighted by Gasteiger charge is 2.38. The molecular weight excluding hydrogens is 289 g/mol. The standard InChI is InChI=1S/C10H8BrF3O2/c1-16-8-4-2-3-6(7(15)5-11)9(8)10(12,13)14/h2-4H,5H2,1H3. The fraction of sp³-hybridized carbons (Fsp3) is 0.300. The molecule has 0 amide bonds. The van der Waals surface area contributed by atoms with Crippen molar-refractivity contribution < 1.29 is 22.7 Å². The van der Waals surface area contributed by atoms with Crippen LogP contribution in [-0.4, -0.2) is 18.2 Å². The molecular formula is C10H8BrF3O2. The van der Waals surface area contributed by atoms with Gasteiger partial charge in [-0.15, -0.1) is 0 Å². The first-order valence-corrected chi connectivity index (χ1v) is 5.37. The average Bonchev–Trinajstić information content (AvgIpc) is 2.25. The summed E-state index contributed by atoms with van der Waals surface area (Å²) in [4.78, 5) is 11.3. The molecule has 6 heteroatoms. The molecule has 0 spiro atoms. The molecule has 0 saturated heterocycles. The molecule has 88 valence electrons. The van der Waals surface area contributed by atoms with E-state index in [0.29, 0.717) is 0 Å². The summed E-state index contributed by atoms with van der Waals surface area (Å²) in [6.07, 6.45) is -4.61. The molecule has 1 aromatic rings. The molecule has 0 atom stereocenters. The number of carbonyl (C=O) groups is 1. The maximum atomic E-state index is 12.7. The third-order valence-electron chi connectivity index (χ3n) is 1.95. The highest BCUT2D eigenvalue weighted by atomic mass is 79.9. The SMILES string of the molecule is COc1cccc(C(=O)CBr)c1C(F)(F)F. The molecule has 0 aromatic heterocycles. The number of carbonyl (C=O) groups excluding carboxylic acids is 1. The minimum absolute atomic E-state index is 0.163. The molecule has 0 aliphatic rings. The van der Waals surface area contributed by atoms with Gasteiger partial charge in [-0.25, -0.2) is 0 Å². The maximum Gasteiger partial charge on any atom is 0.420 e. The Kier molecular flexibility index (Phi) is 3.96. The number of hydrogen-bond acceptors (Lipinski definition) is 2. The van der Waals surface area contributed by atoms with Gasteiger partial charge in [0.05, 0.1) is 12.4 Å². The lowest BCUT2D eigenvalue weighted by Gasteiger charge is -2.15. The number of benzene rings is 1. The lowest BCUT2D eigenvalue weighted by Crippen LogP contribution is -2.15. The zero-order chi connectivity index (χ0) is 12.3. The number of ketones is 1. The second-order valence-corrected chi connectivity index (χ2v) is 3.50. The Balaban J connectivity index is 3.44. The average molecular weight is 297 g/mol. The van der Waals surface area contributed by atoms with E-state index in [0.717, 1.165) is 13.2 Å². The van der Waals surface area contributed by atoms with Crippen LogP contribution in [0.15, 0.2) is 18.2 Å².